The molecule has 0 aromatic carbocycles. The summed E-state index contributed by atoms with van der Waals surface area (Å²) in [5, 5.41) is 23.0. The second-order valence-electron chi connectivity index (χ2n) is 13.1. The van der Waals surface area contributed by atoms with E-state index in [9.17, 15) is 18.3 Å². The summed E-state index contributed by atoms with van der Waals surface area (Å²) < 4.78 is 29.0. The number of sulfone groups is 1. The molecule has 0 amide bonds. The average molecular weight is 516 g/mol. The van der Waals surface area contributed by atoms with Gasteiger partial charge in [-0.2, -0.15) is 10.4 Å². The zero-order chi connectivity index (χ0) is 26.0. The van der Waals surface area contributed by atoms with Crippen molar-refractivity contribution in [3.8, 4) is 6.07 Å². The number of nitriles is 1. The fourth-order valence-electron chi connectivity index (χ4n) is 9.08. The number of aromatic nitrogens is 2. The molecule has 4 saturated carbocycles. The molecule has 8 heteroatoms. The van der Waals surface area contributed by atoms with Crippen LogP contribution in [0.25, 0.3) is 0 Å². The molecule has 3 unspecified atom stereocenters. The number of Topliss-reactive ketones (excluding diaryl/α,β-unsaturated/α-hetero) is 1. The zero-order valence-electron chi connectivity index (χ0n) is 22.1. The van der Waals surface area contributed by atoms with Crippen molar-refractivity contribution in [2.45, 2.75) is 102 Å². The van der Waals surface area contributed by atoms with Gasteiger partial charge in [0.15, 0.2) is 15.6 Å². The Morgan fingerprint density at radius 1 is 1.19 bits per heavy atom. The third-order valence-corrected chi connectivity index (χ3v) is 13.4. The van der Waals surface area contributed by atoms with Gasteiger partial charge in [-0.25, -0.2) is 8.42 Å². The van der Waals surface area contributed by atoms with Gasteiger partial charge in [-0.3, -0.25) is 9.48 Å². The van der Waals surface area contributed by atoms with Crippen molar-refractivity contribution >= 4 is 15.6 Å². The van der Waals surface area contributed by atoms with Crippen LogP contribution >= 0.6 is 0 Å². The molecule has 1 aromatic heterocycles. The molecular weight excluding hydrogens is 474 g/mol. The quantitative estimate of drug-likeness (QED) is 0.630. The van der Waals surface area contributed by atoms with Crippen LogP contribution in [-0.4, -0.2) is 45.2 Å². The van der Waals surface area contributed by atoms with Crippen molar-refractivity contribution in [3.63, 3.8) is 0 Å². The molecule has 0 spiro atoms. The summed E-state index contributed by atoms with van der Waals surface area (Å²) in [6.07, 6.45) is 10.1. The molecule has 5 rings (SSSR count). The summed E-state index contributed by atoms with van der Waals surface area (Å²) in [6, 6.07) is 2.05. The third kappa shape index (κ3) is 4.15. The van der Waals surface area contributed by atoms with E-state index in [0.29, 0.717) is 35.7 Å². The minimum Gasteiger partial charge on any atom is -0.390 e. The first kappa shape index (κ1) is 25.9. The van der Waals surface area contributed by atoms with Gasteiger partial charge in [-0.1, -0.05) is 6.92 Å². The first-order valence-corrected chi connectivity index (χ1v) is 15.4. The molecule has 0 radical (unpaired) electrons. The number of rotatable bonds is 5. The molecule has 0 aliphatic heterocycles. The second kappa shape index (κ2) is 8.94. The van der Waals surface area contributed by atoms with Gasteiger partial charge in [-0.05, 0) is 107 Å². The van der Waals surface area contributed by atoms with Crippen molar-refractivity contribution in [2.75, 3.05) is 0 Å². The zero-order valence-corrected chi connectivity index (χ0v) is 22.9. The normalized spacial score (nSPS) is 42.3. The van der Waals surface area contributed by atoms with Gasteiger partial charge in [0, 0.05) is 12.1 Å². The molecule has 1 heterocycles. The highest BCUT2D eigenvalue weighted by atomic mass is 32.2. The van der Waals surface area contributed by atoms with Gasteiger partial charge in [0.25, 0.3) is 0 Å². The molecule has 1 N–H and O–H groups in total. The monoisotopic (exact) mass is 515 g/mol. The topological polar surface area (TPSA) is 113 Å². The maximum atomic E-state index is 13.7. The van der Waals surface area contributed by atoms with E-state index in [0.717, 1.165) is 44.9 Å². The number of aliphatic hydroxyl groups is 1. The van der Waals surface area contributed by atoms with Gasteiger partial charge in [0.1, 0.15) is 6.07 Å². The molecule has 4 aliphatic rings. The molecule has 0 bridgehead atoms. The highest BCUT2D eigenvalue weighted by Crippen LogP contribution is 2.66. The Morgan fingerprint density at radius 3 is 2.58 bits per heavy atom. The molecular formula is C28H41N3O4S. The first-order valence-electron chi connectivity index (χ1n) is 13.8. The molecule has 9 atom stereocenters. The highest BCUT2D eigenvalue weighted by Gasteiger charge is 2.64. The minimum absolute atomic E-state index is 0.00622. The minimum atomic E-state index is -3.38. The number of carbonyl (C=O) groups excluding carboxylic acids is 1. The lowest BCUT2D eigenvalue weighted by atomic mass is 9.49. The Morgan fingerprint density at radius 2 is 1.92 bits per heavy atom. The second-order valence-corrected chi connectivity index (χ2v) is 15.8. The number of hydrogen-bond donors (Lipinski definition) is 1. The van der Waals surface area contributed by atoms with Gasteiger partial charge in [0.2, 0.25) is 0 Å². The summed E-state index contributed by atoms with van der Waals surface area (Å²) in [5.74, 6) is 1.60. The fraction of sp³-hybridized carbons (Fsp3) is 0.821. The number of nitrogens with zero attached hydrogens (tertiary/aromatic N) is 3. The Bertz CT molecular complexity index is 1170. The number of hydrogen-bond acceptors (Lipinski definition) is 6. The van der Waals surface area contributed by atoms with E-state index in [-0.39, 0.29) is 29.6 Å². The predicted molar refractivity (Wildman–Crippen MR) is 136 cm³/mol. The number of fused-ring (bicyclic) bond motifs is 5. The molecule has 1 aromatic rings. The van der Waals surface area contributed by atoms with Crippen LogP contribution in [0.3, 0.4) is 0 Å². The first-order chi connectivity index (χ1) is 16.9. The van der Waals surface area contributed by atoms with Crippen LogP contribution in [0.4, 0.5) is 0 Å². The maximum absolute atomic E-state index is 13.7. The van der Waals surface area contributed by atoms with E-state index >= 15 is 0 Å². The van der Waals surface area contributed by atoms with Gasteiger partial charge >= 0.3 is 0 Å². The van der Waals surface area contributed by atoms with Gasteiger partial charge in [0.05, 0.1) is 34.4 Å². The van der Waals surface area contributed by atoms with Gasteiger partial charge < -0.3 is 5.11 Å². The molecule has 198 valence electrons. The van der Waals surface area contributed by atoms with Gasteiger partial charge in [-0.15, -0.1) is 0 Å². The maximum Gasteiger partial charge on any atom is 0.157 e. The molecule has 4 fully saturated rings. The lowest BCUT2D eigenvalue weighted by Crippen LogP contribution is -2.53. The number of ketones is 1. The van der Waals surface area contributed by atoms with Crippen molar-refractivity contribution < 1.29 is 18.3 Å². The van der Waals surface area contributed by atoms with Crippen LogP contribution in [-0.2, 0) is 21.2 Å². The van der Waals surface area contributed by atoms with Crippen LogP contribution in [0.2, 0.25) is 0 Å². The van der Waals surface area contributed by atoms with Crippen LogP contribution < -0.4 is 0 Å². The summed E-state index contributed by atoms with van der Waals surface area (Å²) in [7, 11) is -3.38. The lowest BCUT2D eigenvalue weighted by Gasteiger charge is -2.57. The molecule has 4 aliphatic carbocycles. The summed E-state index contributed by atoms with van der Waals surface area (Å²) in [6.45, 7) is 7.78. The van der Waals surface area contributed by atoms with Crippen LogP contribution in [0, 0.1) is 52.3 Å². The van der Waals surface area contributed by atoms with Crippen molar-refractivity contribution in [2.24, 2.45) is 40.9 Å². The SMILES string of the molecule is CC(C)S(=O)(=O)C1C[C@H](C(=O)Cn2cc(C#N)cn2)[C@@]2(C)CCC3[C@@H](CC[C@@H]4C[C@](C)(O)CC[C@H]34)C12. The van der Waals surface area contributed by atoms with Crippen molar-refractivity contribution in [1.82, 2.24) is 9.78 Å². The third-order valence-electron chi connectivity index (χ3n) is 10.7. The average Bonchev–Trinajstić information content (AvgIpc) is 3.39. The van der Waals surface area contributed by atoms with Crippen LogP contribution in [0.1, 0.15) is 84.6 Å². The molecule has 36 heavy (non-hydrogen) atoms. The number of carbonyl (C=O) groups is 1. The Balaban J connectivity index is 1.47. The van der Waals surface area contributed by atoms with E-state index in [1.54, 1.807) is 20.0 Å². The summed E-state index contributed by atoms with van der Waals surface area (Å²) in [4.78, 5) is 13.7. The Hall–Kier alpha value is -1.72. The smallest absolute Gasteiger partial charge is 0.157 e. The van der Waals surface area contributed by atoms with Crippen molar-refractivity contribution in [3.05, 3.63) is 18.0 Å². The Labute approximate surface area is 215 Å². The van der Waals surface area contributed by atoms with Crippen LogP contribution in [0.5, 0.6) is 0 Å². The van der Waals surface area contributed by atoms with E-state index in [2.05, 4.69) is 18.1 Å². The van der Waals surface area contributed by atoms with Crippen molar-refractivity contribution in [1.29, 1.82) is 5.26 Å². The Kier molecular flexibility index (Phi) is 6.43. The lowest BCUT2D eigenvalue weighted by molar-refractivity contribution is -0.133. The summed E-state index contributed by atoms with van der Waals surface area (Å²) in [5.41, 5.74) is -0.505. The molecule has 7 nitrogen and oxygen atoms in total. The highest BCUT2D eigenvalue weighted by molar-refractivity contribution is 7.92. The van der Waals surface area contributed by atoms with E-state index in [1.807, 2.05) is 6.92 Å². The largest absolute Gasteiger partial charge is 0.390 e. The van der Waals surface area contributed by atoms with Crippen LogP contribution in [0.15, 0.2) is 12.4 Å². The fourth-order valence-corrected chi connectivity index (χ4v) is 11.2. The standard InChI is InChI=1S/C28H41N3O4S/c1-17(2)36(34,35)25-11-23(24(32)16-31-15-18(13-29)14-30-31)28(4)10-8-21-20-7-9-27(3,33)12-19(20)5-6-22(21)26(25)28/h14-15,17,19-23,25-26,33H,5-12,16H2,1-4H3/t19-,20+,21?,22-,23-,25?,26?,27-,28-/m1/s1. The predicted octanol–water partition coefficient (Wildman–Crippen LogP) is 4.15. The summed E-state index contributed by atoms with van der Waals surface area (Å²) >= 11 is 0. The van der Waals surface area contributed by atoms with E-state index in [1.165, 1.54) is 10.9 Å². The van der Waals surface area contributed by atoms with E-state index < -0.39 is 25.9 Å². The molecule has 0 saturated heterocycles. The van der Waals surface area contributed by atoms with E-state index in [4.69, 9.17) is 5.26 Å².